The second kappa shape index (κ2) is 11.5. The zero-order valence-corrected chi connectivity index (χ0v) is 17.1. The highest BCUT2D eigenvalue weighted by atomic mass is 16.5. The Hall–Kier alpha value is -2.21. The van der Waals surface area contributed by atoms with Crippen LogP contribution in [0.1, 0.15) is 32.3 Å². The molecule has 0 aromatic heterocycles. The normalized spacial score (nSPS) is 18.1. The third-order valence-corrected chi connectivity index (χ3v) is 4.58. The SMILES string of the molecule is C/C=C/CCN=C(NCC)NC1CCN(Cc2cc(OC)cc(OC)c2)C1. The second-order valence-corrected chi connectivity index (χ2v) is 6.70. The quantitative estimate of drug-likeness (QED) is 0.301. The molecule has 1 aliphatic rings. The Morgan fingerprint density at radius 2 is 2.00 bits per heavy atom. The van der Waals surface area contributed by atoms with Crippen LogP contribution < -0.4 is 20.1 Å². The summed E-state index contributed by atoms with van der Waals surface area (Å²) < 4.78 is 10.8. The number of allylic oxidation sites excluding steroid dienone is 1. The van der Waals surface area contributed by atoms with Gasteiger partial charge in [-0.25, -0.2) is 0 Å². The lowest BCUT2D eigenvalue weighted by Gasteiger charge is -2.19. The van der Waals surface area contributed by atoms with E-state index in [1.807, 2.05) is 13.0 Å². The Morgan fingerprint density at radius 3 is 2.63 bits per heavy atom. The zero-order chi connectivity index (χ0) is 19.5. The minimum Gasteiger partial charge on any atom is -0.497 e. The van der Waals surface area contributed by atoms with Crippen molar-refractivity contribution in [3.8, 4) is 11.5 Å². The van der Waals surface area contributed by atoms with Gasteiger partial charge < -0.3 is 20.1 Å². The van der Waals surface area contributed by atoms with Crippen LogP contribution in [0.4, 0.5) is 0 Å². The van der Waals surface area contributed by atoms with E-state index >= 15 is 0 Å². The van der Waals surface area contributed by atoms with E-state index in [1.165, 1.54) is 5.56 Å². The molecule has 2 N–H and O–H groups in total. The van der Waals surface area contributed by atoms with Gasteiger partial charge in [0.2, 0.25) is 0 Å². The van der Waals surface area contributed by atoms with Crippen LogP contribution in [-0.2, 0) is 6.54 Å². The van der Waals surface area contributed by atoms with Crippen LogP contribution >= 0.6 is 0 Å². The van der Waals surface area contributed by atoms with Crippen molar-refractivity contribution in [1.29, 1.82) is 0 Å². The van der Waals surface area contributed by atoms with Crippen molar-refractivity contribution in [1.82, 2.24) is 15.5 Å². The Kier molecular flexibility index (Phi) is 8.98. The number of guanidine groups is 1. The fraction of sp³-hybridized carbons (Fsp3) is 0.571. The summed E-state index contributed by atoms with van der Waals surface area (Å²) in [4.78, 5) is 7.11. The molecule has 1 aromatic carbocycles. The van der Waals surface area contributed by atoms with Crippen molar-refractivity contribution in [3.63, 3.8) is 0 Å². The van der Waals surface area contributed by atoms with Gasteiger partial charge in [0.05, 0.1) is 14.2 Å². The molecule has 6 heteroatoms. The third kappa shape index (κ3) is 7.13. The van der Waals surface area contributed by atoms with Gasteiger partial charge in [0.1, 0.15) is 11.5 Å². The molecule has 0 spiro atoms. The predicted molar refractivity (Wildman–Crippen MR) is 112 cm³/mol. The highest BCUT2D eigenvalue weighted by Crippen LogP contribution is 2.24. The number of nitrogens with zero attached hydrogens (tertiary/aromatic N) is 2. The standard InChI is InChI=1S/C21H34N4O2/c1-5-7-8-10-23-21(22-6-2)24-18-9-11-25(16-18)15-17-12-19(26-3)14-20(13-17)27-4/h5,7,12-14,18H,6,8-11,15-16H2,1-4H3,(H2,22,23,24)/b7-5+. The number of methoxy groups -OCH3 is 2. The molecule has 1 aromatic rings. The lowest BCUT2D eigenvalue weighted by molar-refractivity contribution is 0.321. The molecule has 0 bridgehead atoms. The molecule has 1 fully saturated rings. The lowest BCUT2D eigenvalue weighted by atomic mass is 10.2. The summed E-state index contributed by atoms with van der Waals surface area (Å²) in [5, 5.41) is 6.92. The molecule has 27 heavy (non-hydrogen) atoms. The Labute approximate surface area is 163 Å². The van der Waals surface area contributed by atoms with E-state index in [1.54, 1.807) is 14.2 Å². The lowest BCUT2D eigenvalue weighted by Crippen LogP contribution is -2.44. The van der Waals surface area contributed by atoms with Crippen LogP contribution in [0, 0.1) is 0 Å². The van der Waals surface area contributed by atoms with E-state index in [2.05, 4.69) is 51.7 Å². The molecule has 0 amide bonds. The molecule has 0 saturated carbocycles. The van der Waals surface area contributed by atoms with Crippen molar-refractivity contribution < 1.29 is 9.47 Å². The number of benzene rings is 1. The molecular weight excluding hydrogens is 340 g/mol. The molecule has 1 atom stereocenters. The van der Waals surface area contributed by atoms with Crippen LogP contribution in [0.2, 0.25) is 0 Å². The maximum Gasteiger partial charge on any atom is 0.191 e. The van der Waals surface area contributed by atoms with E-state index in [0.29, 0.717) is 6.04 Å². The van der Waals surface area contributed by atoms with Gasteiger partial charge in [-0.2, -0.15) is 0 Å². The van der Waals surface area contributed by atoms with Gasteiger partial charge in [-0.15, -0.1) is 0 Å². The van der Waals surface area contributed by atoms with Crippen molar-refractivity contribution in [2.24, 2.45) is 4.99 Å². The van der Waals surface area contributed by atoms with Gasteiger partial charge in [-0.3, -0.25) is 9.89 Å². The number of hydrogen-bond acceptors (Lipinski definition) is 4. The van der Waals surface area contributed by atoms with Crippen molar-refractivity contribution >= 4 is 5.96 Å². The van der Waals surface area contributed by atoms with Gasteiger partial charge in [0, 0.05) is 44.8 Å². The average molecular weight is 375 g/mol. The summed E-state index contributed by atoms with van der Waals surface area (Å²) in [5.41, 5.74) is 1.21. The average Bonchev–Trinajstić information content (AvgIpc) is 3.11. The summed E-state index contributed by atoms with van der Waals surface area (Å²) in [7, 11) is 3.37. The number of aliphatic imine (C=N–C) groups is 1. The van der Waals surface area contributed by atoms with Gasteiger partial charge in [-0.05, 0) is 44.4 Å². The first-order chi connectivity index (χ1) is 13.2. The van der Waals surface area contributed by atoms with E-state index < -0.39 is 0 Å². The maximum atomic E-state index is 5.38. The molecule has 150 valence electrons. The Bertz CT molecular complexity index is 608. The molecule has 6 nitrogen and oxygen atoms in total. The fourth-order valence-electron chi connectivity index (χ4n) is 3.24. The zero-order valence-electron chi connectivity index (χ0n) is 17.1. The van der Waals surface area contributed by atoms with Gasteiger partial charge in [0.25, 0.3) is 0 Å². The minimum atomic E-state index is 0.414. The van der Waals surface area contributed by atoms with Crippen molar-refractivity contribution in [2.75, 3.05) is 40.4 Å². The van der Waals surface area contributed by atoms with Crippen LogP contribution in [-0.4, -0.2) is 57.3 Å². The molecule has 1 aliphatic heterocycles. The Morgan fingerprint density at radius 1 is 1.26 bits per heavy atom. The van der Waals surface area contributed by atoms with Crippen LogP contribution in [0.25, 0.3) is 0 Å². The summed E-state index contributed by atoms with van der Waals surface area (Å²) in [6.45, 7) is 8.77. The molecule has 0 radical (unpaired) electrons. The highest BCUT2D eigenvalue weighted by Gasteiger charge is 2.23. The first-order valence-corrected chi connectivity index (χ1v) is 9.78. The van der Waals surface area contributed by atoms with Gasteiger partial charge >= 0.3 is 0 Å². The van der Waals surface area contributed by atoms with Crippen molar-refractivity contribution in [2.45, 2.75) is 39.3 Å². The number of rotatable bonds is 9. The van der Waals surface area contributed by atoms with Crippen LogP contribution in [0.3, 0.4) is 0 Å². The summed E-state index contributed by atoms with van der Waals surface area (Å²) in [6, 6.07) is 6.48. The number of nitrogens with one attached hydrogen (secondary N) is 2. The van der Waals surface area contributed by atoms with Crippen LogP contribution in [0.5, 0.6) is 11.5 Å². The van der Waals surface area contributed by atoms with Crippen LogP contribution in [0.15, 0.2) is 35.3 Å². The van der Waals surface area contributed by atoms with Gasteiger partial charge in [-0.1, -0.05) is 12.2 Å². The largest absolute Gasteiger partial charge is 0.497 e. The highest BCUT2D eigenvalue weighted by molar-refractivity contribution is 5.80. The summed E-state index contributed by atoms with van der Waals surface area (Å²) >= 11 is 0. The van der Waals surface area contributed by atoms with E-state index in [0.717, 1.165) is 63.0 Å². The van der Waals surface area contributed by atoms with E-state index in [-0.39, 0.29) is 0 Å². The maximum absolute atomic E-state index is 5.38. The van der Waals surface area contributed by atoms with Gasteiger partial charge in [0.15, 0.2) is 5.96 Å². The molecule has 1 unspecified atom stereocenters. The molecular formula is C21H34N4O2. The van der Waals surface area contributed by atoms with Crippen molar-refractivity contribution in [3.05, 3.63) is 35.9 Å². The number of likely N-dealkylation sites (tertiary alicyclic amines) is 1. The molecule has 1 heterocycles. The monoisotopic (exact) mass is 374 g/mol. The number of hydrogen-bond donors (Lipinski definition) is 2. The topological polar surface area (TPSA) is 58.1 Å². The smallest absolute Gasteiger partial charge is 0.191 e. The minimum absolute atomic E-state index is 0.414. The van der Waals surface area contributed by atoms with E-state index in [9.17, 15) is 0 Å². The molecule has 2 rings (SSSR count). The second-order valence-electron chi connectivity index (χ2n) is 6.70. The molecule has 0 aliphatic carbocycles. The summed E-state index contributed by atoms with van der Waals surface area (Å²) in [5.74, 6) is 2.58. The predicted octanol–water partition coefficient (Wildman–Crippen LogP) is 2.80. The first-order valence-electron chi connectivity index (χ1n) is 9.78. The fourth-order valence-corrected chi connectivity index (χ4v) is 3.24. The molecule has 1 saturated heterocycles. The number of ether oxygens (including phenoxy) is 2. The summed E-state index contributed by atoms with van der Waals surface area (Å²) in [6.07, 6.45) is 6.30. The third-order valence-electron chi connectivity index (χ3n) is 4.58. The Balaban J connectivity index is 1.90. The van der Waals surface area contributed by atoms with E-state index in [4.69, 9.17) is 9.47 Å². The first kappa shape index (κ1) is 21.1.